The van der Waals surface area contributed by atoms with Gasteiger partial charge in [0.05, 0.1) is 37.3 Å². The van der Waals surface area contributed by atoms with E-state index in [0.29, 0.717) is 41.4 Å². The standard InChI is InChI=1S/C26H32N4O4/c1-17(2)11-12-27-19-14-21-22(29-25(31)18-8-5-4-6-9-18)23(26(32)33-3)30(24(21)28-15-19)16-20-10-7-13-34-20/h4-6,8-9,14-15,17,20,27H,7,10-13,16H2,1-3H3,(H,29,31)/t20-/m1/s1. The number of carbonyl (C=O) groups is 2. The molecule has 1 aliphatic heterocycles. The number of esters is 1. The third kappa shape index (κ3) is 5.22. The van der Waals surface area contributed by atoms with Crippen LogP contribution in [0.5, 0.6) is 0 Å². The van der Waals surface area contributed by atoms with Crippen molar-refractivity contribution in [1.82, 2.24) is 9.55 Å². The lowest BCUT2D eigenvalue weighted by Crippen LogP contribution is -2.21. The maximum atomic E-state index is 13.1. The molecular weight excluding hydrogens is 432 g/mol. The molecule has 0 unspecified atom stereocenters. The van der Waals surface area contributed by atoms with Crippen LogP contribution in [0.2, 0.25) is 0 Å². The van der Waals surface area contributed by atoms with E-state index in [0.717, 1.165) is 31.5 Å². The number of amides is 1. The van der Waals surface area contributed by atoms with Gasteiger partial charge in [-0.1, -0.05) is 32.0 Å². The molecule has 180 valence electrons. The second kappa shape index (κ2) is 10.7. The fraction of sp³-hybridized carbons (Fsp3) is 0.423. The van der Waals surface area contributed by atoms with Crippen molar-refractivity contribution < 1.29 is 19.1 Å². The number of methoxy groups -OCH3 is 1. The first kappa shape index (κ1) is 23.8. The lowest BCUT2D eigenvalue weighted by Gasteiger charge is -2.14. The molecule has 34 heavy (non-hydrogen) atoms. The molecule has 8 heteroatoms. The van der Waals surface area contributed by atoms with Gasteiger partial charge in [0.1, 0.15) is 5.65 Å². The Morgan fingerprint density at radius 1 is 1.26 bits per heavy atom. The van der Waals surface area contributed by atoms with Gasteiger partial charge in [0.25, 0.3) is 5.91 Å². The highest BCUT2D eigenvalue weighted by molar-refractivity contribution is 6.14. The SMILES string of the molecule is COC(=O)c1c(NC(=O)c2ccccc2)c2cc(NCCC(C)C)cnc2n1C[C@H]1CCCO1. The summed E-state index contributed by atoms with van der Waals surface area (Å²) in [4.78, 5) is 30.7. The number of aromatic nitrogens is 2. The summed E-state index contributed by atoms with van der Waals surface area (Å²) in [5.74, 6) is -0.267. The van der Waals surface area contributed by atoms with Gasteiger partial charge in [-0.3, -0.25) is 4.79 Å². The van der Waals surface area contributed by atoms with Gasteiger partial charge in [0.2, 0.25) is 0 Å². The van der Waals surface area contributed by atoms with Gasteiger partial charge in [-0.15, -0.1) is 0 Å². The van der Waals surface area contributed by atoms with Crippen LogP contribution in [-0.2, 0) is 16.0 Å². The van der Waals surface area contributed by atoms with Crippen molar-refractivity contribution in [3.8, 4) is 0 Å². The number of nitrogens with zero attached hydrogens (tertiary/aromatic N) is 2. The highest BCUT2D eigenvalue weighted by Crippen LogP contribution is 2.34. The number of hydrogen-bond donors (Lipinski definition) is 2. The molecule has 0 spiro atoms. The predicted octanol–water partition coefficient (Wildman–Crippen LogP) is 4.71. The molecule has 3 heterocycles. The summed E-state index contributed by atoms with van der Waals surface area (Å²) < 4.78 is 12.8. The summed E-state index contributed by atoms with van der Waals surface area (Å²) >= 11 is 0. The number of pyridine rings is 1. The Balaban J connectivity index is 1.79. The fourth-order valence-corrected chi connectivity index (χ4v) is 4.21. The first-order valence-electron chi connectivity index (χ1n) is 11.8. The van der Waals surface area contributed by atoms with Crippen LogP contribution in [0.4, 0.5) is 11.4 Å². The second-order valence-electron chi connectivity index (χ2n) is 8.99. The molecule has 0 radical (unpaired) electrons. The number of benzene rings is 1. The zero-order valence-electron chi connectivity index (χ0n) is 20.0. The van der Waals surface area contributed by atoms with Gasteiger partial charge in [0, 0.05) is 24.1 Å². The summed E-state index contributed by atoms with van der Waals surface area (Å²) in [7, 11) is 1.34. The van der Waals surface area contributed by atoms with Crippen LogP contribution in [0.1, 0.15) is 54.0 Å². The van der Waals surface area contributed by atoms with Crippen LogP contribution in [0.25, 0.3) is 11.0 Å². The van der Waals surface area contributed by atoms with E-state index in [1.165, 1.54) is 7.11 Å². The number of rotatable bonds is 9. The van der Waals surface area contributed by atoms with Crippen molar-refractivity contribution in [3.05, 3.63) is 53.9 Å². The Morgan fingerprint density at radius 3 is 2.74 bits per heavy atom. The van der Waals surface area contributed by atoms with E-state index in [1.54, 1.807) is 30.5 Å². The summed E-state index contributed by atoms with van der Waals surface area (Å²) in [5.41, 5.74) is 2.60. The Bertz CT molecular complexity index is 1150. The number of anilines is 2. The molecule has 1 atom stereocenters. The number of fused-ring (bicyclic) bond motifs is 1. The van der Waals surface area contributed by atoms with E-state index in [9.17, 15) is 9.59 Å². The zero-order valence-corrected chi connectivity index (χ0v) is 20.0. The topological polar surface area (TPSA) is 94.5 Å². The van der Waals surface area contributed by atoms with Crippen molar-refractivity contribution in [2.75, 3.05) is 30.9 Å². The second-order valence-corrected chi connectivity index (χ2v) is 8.99. The van der Waals surface area contributed by atoms with Crippen LogP contribution >= 0.6 is 0 Å². The van der Waals surface area contributed by atoms with Gasteiger partial charge in [-0.05, 0) is 43.4 Å². The van der Waals surface area contributed by atoms with Crippen LogP contribution in [0.3, 0.4) is 0 Å². The number of hydrogen-bond acceptors (Lipinski definition) is 6. The number of nitrogens with one attached hydrogen (secondary N) is 2. The molecule has 1 aliphatic rings. The molecule has 1 saturated heterocycles. The molecule has 2 aromatic heterocycles. The molecule has 1 amide bonds. The third-order valence-electron chi connectivity index (χ3n) is 6.01. The first-order chi connectivity index (χ1) is 16.5. The molecule has 0 aliphatic carbocycles. The van der Waals surface area contributed by atoms with E-state index in [1.807, 2.05) is 16.7 Å². The fourth-order valence-electron chi connectivity index (χ4n) is 4.21. The molecule has 1 fully saturated rings. The molecule has 2 N–H and O–H groups in total. The largest absolute Gasteiger partial charge is 0.464 e. The maximum Gasteiger partial charge on any atom is 0.356 e. The molecule has 3 aromatic rings. The quantitative estimate of drug-likeness (QED) is 0.445. The minimum Gasteiger partial charge on any atom is -0.464 e. The summed E-state index contributed by atoms with van der Waals surface area (Å²) in [6.45, 7) is 6.31. The Kier molecular flexibility index (Phi) is 7.47. The van der Waals surface area contributed by atoms with Gasteiger partial charge < -0.3 is 24.7 Å². The smallest absolute Gasteiger partial charge is 0.356 e. The van der Waals surface area contributed by atoms with E-state index in [-0.39, 0.29) is 17.7 Å². The van der Waals surface area contributed by atoms with Gasteiger partial charge in [-0.25, -0.2) is 9.78 Å². The monoisotopic (exact) mass is 464 g/mol. The number of ether oxygens (including phenoxy) is 2. The van der Waals surface area contributed by atoms with Crippen LogP contribution in [0.15, 0.2) is 42.6 Å². The number of carbonyl (C=O) groups excluding carboxylic acids is 2. The van der Waals surface area contributed by atoms with Crippen molar-refractivity contribution in [3.63, 3.8) is 0 Å². The zero-order chi connectivity index (χ0) is 24.1. The molecular formula is C26H32N4O4. The van der Waals surface area contributed by atoms with Crippen molar-refractivity contribution in [1.29, 1.82) is 0 Å². The lowest BCUT2D eigenvalue weighted by molar-refractivity contribution is 0.0580. The average molecular weight is 465 g/mol. The normalized spacial score (nSPS) is 15.6. The van der Waals surface area contributed by atoms with Crippen LogP contribution in [0, 0.1) is 5.92 Å². The van der Waals surface area contributed by atoms with E-state index in [2.05, 4.69) is 29.5 Å². The predicted molar refractivity (Wildman–Crippen MR) is 132 cm³/mol. The highest BCUT2D eigenvalue weighted by atomic mass is 16.5. The Morgan fingerprint density at radius 2 is 2.06 bits per heavy atom. The summed E-state index contributed by atoms with van der Waals surface area (Å²) in [5, 5.41) is 7.04. The summed E-state index contributed by atoms with van der Waals surface area (Å²) in [6.07, 6.45) is 4.64. The van der Waals surface area contributed by atoms with Crippen molar-refractivity contribution in [2.45, 2.75) is 45.8 Å². The lowest BCUT2D eigenvalue weighted by atomic mass is 10.1. The minimum absolute atomic E-state index is 0.0256. The van der Waals surface area contributed by atoms with Crippen LogP contribution in [-0.4, -0.2) is 47.8 Å². The Labute approximate surface area is 199 Å². The first-order valence-corrected chi connectivity index (χ1v) is 11.8. The van der Waals surface area contributed by atoms with Gasteiger partial charge >= 0.3 is 5.97 Å². The van der Waals surface area contributed by atoms with Crippen molar-refractivity contribution in [2.24, 2.45) is 5.92 Å². The molecule has 4 rings (SSSR count). The van der Waals surface area contributed by atoms with E-state index in [4.69, 9.17) is 9.47 Å². The molecule has 1 aromatic carbocycles. The van der Waals surface area contributed by atoms with Crippen LogP contribution < -0.4 is 10.6 Å². The third-order valence-corrected chi connectivity index (χ3v) is 6.01. The van der Waals surface area contributed by atoms with Gasteiger partial charge in [-0.2, -0.15) is 0 Å². The van der Waals surface area contributed by atoms with Crippen molar-refractivity contribution >= 4 is 34.3 Å². The maximum absolute atomic E-state index is 13.1. The molecule has 8 nitrogen and oxygen atoms in total. The average Bonchev–Trinajstić information content (AvgIpc) is 3.46. The highest BCUT2D eigenvalue weighted by Gasteiger charge is 2.29. The van der Waals surface area contributed by atoms with Gasteiger partial charge in [0.15, 0.2) is 5.69 Å². The minimum atomic E-state index is -0.534. The summed E-state index contributed by atoms with van der Waals surface area (Å²) in [6, 6.07) is 10.8. The van der Waals surface area contributed by atoms with E-state index >= 15 is 0 Å². The Hall–Kier alpha value is -3.39. The van der Waals surface area contributed by atoms with E-state index < -0.39 is 5.97 Å². The molecule has 0 saturated carbocycles. The molecule has 0 bridgehead atoms.